The van der Waals surface area contributed by atoms with Crippen molar-refractivity contribution in [3.63, 3.8) is 0 Å². The van der Waals surface area contributed by atoms with Crippen molar-refractivity contribution in [2.24, 2.45) is 0 Å². The molecule has 0 unspecified atom stereocenters. The number of halogens is 1. The van der Waals surface area contributed by atoms with Gasteiger partial charge in [-0.1, -0.05) is 41.6 Å². The van der Waals surface area contributed by atoms with E-state index in [2.05, 4.69) is 14.9 Å². The van der Waals surface area contributed by atoms with E-state index in [1.54, 1.807) is 19.1 Å². The van der Waals surface area contributed by atoms with E-state index in [9.17, 15) is 12.8 Å². The third-order valence-corrected chi connectivity index (χ3v) is 6.45. The lowest BCUT2D eigenvalue weighted by Gasteiger charge is -2.11. The summed E-state index contributed by atoms with van der Waals surface area (Å²) in [6, 6.07) is 14.1. The molecule has 0 bridgehead atoms. The van der Waals surface area contributed by atoms with Crippen LogP contribution >= 0.6 is 11.8 Å². The van der Waals surface area contributed by atoms with Gasteiger partial charge in [0.25, 0.3) is 0 Å². The SMILES string of the molecule is CCS(=O)(=O)NCc1nnc(SCc2ccc(F)cc2)n1-c1ccc(C)cc1. The molecule has 0 saturated heterocycles. The summed E-state index contributed by atoms with van der Waals surface area (Å²) in [6.45, 7) is 3.63. The number of hydrogen-bond acceptors (Lipinski definition) is 5. The van der Waals surface area contributed by atoms with Gasteiger partial charge in [-0.3, -0.25) is 4.57 Å². The second-order valence-electron chi connectivity index (χ2n) is 6.21. The summed E-state index contributed by atoms with van der Waals surface area (Å²) in [7, 11) is -3.35. The van der Waals surface area contributed by atoms with Gasteiger partial charge in [-0.25, -0.2) is 17.5 Å². The van der Waals surface area contributed by atoms with Crippen molar-refractivity contribution in [1.29, 1.82) is 0 Å². The Labute approximate surface area is 168 Å². The van der Waals surface area contributed by atoms with Crippen molar-refractivity contribution < 1.29 is 12.8 Å². The monoisotopic (exact) mass is 420 g/mol. The first kappa shape index (κ1) is 20.5. The molecule has 6 nitrogen and oxygen atoms in total. The highest BCUT2D eigenvalue weighted by atomic mass is 32.2. The lowest BCUT2D eigenvalue weighted by atomic mass is 10.2. The van der Waals surface area contributed by atoms with Crippen molar-refractivity contribution in [2.75, 3.05) is 5.75 Å². The molecule has 1 aromatic heterocycles. The molecule has 9 heteroatoms. The second-order valence-corrected chi connectivity index (χ2v) is 9.25. The van der Waals surface area contributed by atoms with Crippen LogP contribution in [0, 0.1) is 12.7 Å². The van der Waals surface area contributed by atoms with Gasteiger partial charge in [0.15, 0.2) is 11.0 Å². The van der Waals surface area contributed by atoms with Gasteiger partial charge in [0, 0.05) is 11.4 Å². The first-order valence-corrected chi connectivity index (χ1v) is 11.4. The summed E-state index contributed by atoms with van der Waals surface area (Å²) in [5.74, 6) is 0.813. The van der Waals surface area contributed by atoms with Crippen LogP contribution in [0.1, 0.15) is 23.9 Å². The van der Waals surface area contributed by atoms with Gasteiger partial charge in [0.05, 0.1) is 12.3 Å². The Morgan fingerprint density at radius 1 is 1.07 bits per heavy atom. The normalized spacial score (nSPS) is 11.7. The van der Waals surface area contributed by atoms with Crippen molar-refractivity contribution in [3.05, 3.63) is 71.3 Å². The van der Waals surface area contributed by atoms with E-state index in [0.717, 1.165) is 16.8 Å². The summed E-state index contributed by atoms with van der Waals surface area (Å²) in [6.07, 6.45) is 0. The Morgan fingerprint density at radius 3 is 2.39 bits per heavy atom. The molecule has 0 amide bonds. The lowest BCUT2D eigenvalue weighted by molar-refractivity contribution is 0.579. The minimum atomic E-state index is -3.35. The van der Waals surface area contributed by atoms with Gasteiger partial charge in [-0.15, -0.1) is 10.2 Å². The third-order valence-electron chi connectivity index (χ3n) is 4.10. The second kappa shape index (κ2) is 8.85. The van der Waals surface area contributed by atoms with Crippen LogP contribution in [0.5, 0.6) is 0 Å². The van der Waals surface area contributed by atoms with Crippen LogP contribution in [-0.2, 0) is 22.3 Å². The van der Waals surface area contributed by atoms with E-state index < -0.39 is 10.0 Å². The van der Waals surface area contributed by atoms with Gasteiger partial charge < -0.3 is 0 Å². The molecular weight excluding hydrogens is 399 g/mol. The maximum absolute atomic E-state index is 13.1. The Morgan fingerprint density at radius 2 is 1.75 bits per heavy atom. The zero-order chi connectivity index (χ0) is 20.1. The van der Waals surface area contributed by atoms with Gasteiger partial charge in [0.2, 0.25) is 10.0 Å². The number of aryl methyl sites for hydroxylation is 1. The van der Waals surface area contributed by atoms with Crippen LogP contribution in [0.4, 0.5) is 4.39 Å². The minimum absolute atomic E-state index is 0.00214. The third kappa shape index (κ3) is 5.18. The highest BCUT2D eigenvalue weighted by Gasteiger charge is 2.17. The summed E-state index contributed by atoms with van der Waals surface area (Å²) in [4.78, 5) is 0. The molecule has 0 aliphatic heterocycles. The van der Waals surface area contributed by atoms with Crippen LogP contribution in [0.2, 0.25) is 0 Å². The van der Waals surface area contributed by atoms with Crippen LogP contribution < -0.4 is 4.72 Å². The predicted molar refractivity (Wildman–Crippen MR) is 108 cm³/mol. The first-order valence-electron chi connectivity index (χ1n) is 8.74. The quantitative estimate of drug-likeness (QED) is 0.565. The molecule has 0 aliphatic carbocycles. The zero-order valence-electron chi connectivity index (χ0n) is 15.6. The molecule has 0 atom stereocenters. The lowest BCUT2D eigenvalue weighted by Crippen LogP contribution is -2.26. The Hall–Kier alpha value is -2.23. The fraction of sp³-hybridized carbons (Fsp3) is 0.263. The maximum Gasteiger partial charge on any atom is 0.211 e. The van der Waals surface area contributed by atoms with Crippen LogP contribution in [0.25, 0.3) is 5.69 Å². The van der Waals surface area contributed by atoms with Crippen LogP contribution in [0.15, 0.2) is 53.7 Å². The predicted octanol–water partition coefficient (Wildman–Crippen LogP) is 3.45. The number of nitrogens with one attached hydrogen (secondary N) is 1. The van der Waals surface area contributed by atoms with Gasteiger partial charge >= 0.3 is 0 Å². The minimum Gasteiger partial charge on any atom is -0.273 e. The summed E-state index contributed by atoms with van der Waals surface area (Å²) < 4.78 is 41.1. The molecule has 0 saturated carbocycles. The summed E-state index contributed by atoms with van der Waals surface area (Å²) in [5, 5.41) is 9.06. The molecule has 28 heavy (non-hydrogen) atoms. The number of nitrogens with zero attached hydrogens (tertiary/aromatic N) is 3. The largest absolute Gasteiger partial charge is 0.273 e. The van der Waals surface area contributed by atoms with E-state index in [0.29, 0.717) is 16.7 Å². The molecule has 0 fully saturated rings. The highest BCUT2D eigenvalue weighted by Crippen LogP contribution is 2.25. The first-order chi connectivity index (χ1) is 13.4. The topological polar surface area (TPSA) is 76.9 Å². The number of sulfonamides is 1. The molecular formula is C19H21FN4O2S2. The number of aromatic nitrogens is 3. The standard InChI is InChI=1S/C19H21FN4O2S2/c1-3-28(25,26)21-12-18-22-23-19(24(18)17-10-4-14(2)5-11-17)27-13-15-6-8-16(20)9-7-15/h4-11,21H,3,12-13H2,1-2H3. The number of rotatable bonds is 8. The van der Waals surface area contributed by atoms with Crippen molar-refractivity contribution in [1.82, 2.24) is 19.5 Å². The van der Waals surface area contributed by atoms with E-state index >= 15 is 0 Å². The van der Waals surface area contributed by atoms with Crippen LogP contribution in [-0.4, -0.2) is 28.9 Å². The number of benzene rings is 2. The van der Waals surface area contributed by atoms with Crippen molar-refractivity contribution in [2.45, 2.75) is 31.3 Å². The fourth-order valence-corrected chi connectivity index (χ4v) is 3.95. The molecule has 2 aromatic carbocycles. The Balaban J connectivity index is 1.88. The molecule has 3 aromatic rings. The van der Waals surface area contributed by atoms with E-state index in [1.807, 2.05) is 35.8 Å². The van der Waals surface area contributed by atoms with Crippen molar-refractivity contribution >= 4 is 21.8 Å². The maximum atomic E-state index is 13.1. The average molecular weight is 421 g/mol. The van der Waals surface area contributed by atoms with Gasteiger partial charge in [0.1, 0.15) is 5.82 Å². The highest BCUT2D eigenvalue weighted by molar-refractivity contribution is 7.98. The molecule has 148 valence electrons. The molecule has 0 spiro atoms. The average Bonchev–Trinajstić information content (AvgIpc) is 3.09. The summed E-state index contributed by atoms with van der Waals surface area (Å²) >= 11 is 1.45. The van der Waals surface area contributed by atoms with E-state index in [-0.39, 0.29) is 18.1 Å². The molecule has 1 heterocycles. The van der Waals surface area contributed by atoms with E-state index in [1.165, 1.54) is 23.9 Å². The van der Waals surface area contributed by atoms with Crippen LogP contribution in [0.3, 0.4) is 0 Å². The molecule has 0 radical (unpaired) electrons. The van der Waals surface area contributed by atoms with Gasteiger partial charge in [-0.05, 0) is 43.7 Å². The number of thioether (sulfide) groups is 1. The zero-order valence-corrected chi connectivity index (χ0v) is 17.2. The number of hydrogen-bond donors (Lipinski definition) is 1. The summed E-state index contributed by atoms with van der Waals surface area (Å²) in [5.41, 5.74) is 2.92. The molecule has 0 aliphatic rings. The Kier molecular flexibility index (Phi) is 6.48. The van der Waals surface area contributed by atoms with Crippen molar-refractivity contribution in [3.8, 4) is 5.69 Å². The molecule has 1 N–H and O–H groups in total. The van der Waals surface area contributed by atoms with Gasteiger partial charge in [-0.2, -0.15) is 0 Å². The fourth-order valence-electron chi connectivity index (χ4n) is 2.47. The Bertz CT molecular complexity index is 1030. The molecule has 3 rings (SSSR count). The smallest absolute Gasteiger partial charge is 0.211 e. The van der Waals surface area contributed by atoms with E-state index in [4.69, 9.17) is 0 Å².